The number of benzene rings is 2. The number of guanidine groups is 1. The molecule has 0 saturated heterocycles. The third-order valence-electron chi connectivity index (χ3n) is 3.94. The van der Waals surface area contributed by atoms with Crippen molar-refractivity contribution in [1.82, 2.24) is 0 Å². The van der Waals surface area contributed by atoms with Crippen LogP contribution in [0.25, 0.3) is 0 Å². The molecule has 0 aliphatic rings. The summed E-state index contributed by atoms with van der Waals surface area (Å²) in [6, 6.07) is 14.0. The largest absolute Gasteiger partial charge is 0.497 e. The zero-order valence-corrected chi connectivity index (χ0v) is 17.9. The Labute approximate surface area is 173 Å². The molecule has 0 fully saturated rings. The number of hydrogen-bond acceptors (Lipinski definition) is 3. The summed E-state index contributed by atoms with van der Waals surface area (Å²) in [4.78, 5) is 4.33. The Morgan fingerprint density at radius 1 is 1.08 bits per heavy atom. The van der Waals surface area contributed by atoms with Gasteiger partial charge in [-0.1, -0.05) is 18.2 Å². The zero-order valence-electron chi connectivity index (χ0n) is 15.6. The Kier molecular flexibility index (Phi) is 10.0. The molecule has 0 spiro atoms. The third-order valence-corrected chi connectivity index (χ3v) is 3.94. The van der Waals surface area contributed by atoms with Crippen molar-refractivity contribution in [2.24, 2.45) is 10.7 Å². The molecule has 2 aromatic carbocycles. The number of methoxy groups -OCH3 is 1. The molecule has 0 amide bonds. The van der Waals surface area contributed by atoms with Gasteiger partial charge in [0.1, 0.15) is 5.75 Å². The maximum Gasteiger partial charge on any atom is 0.193 e. The molecule has 0 aliphatic carbocycles. The summed E-state index contributed by atoms with van der Waals surface area (Å²) >= 11 is 0. The molecular formula is C20H28IN3O2. The second-order valence-electron chi connectivity index (χ2n) is 5.95. The minimum absolute atomic E-state index is 0. The van der Waals surface area contributed by atoms with E-state index >= 15 is 0 Å². The monoisotopic (exact) mass is 469 g/mol. The van der Waals surface area contributed by atoms with Gasteiger partial charge in [0.15, 0.2) is 5.96 Å². The summed E-state index contributed by atoms with van der Waals surface area (Å²) in [5, 5.41) is 3.11. The first-order chi connectivity index (χ1) is 12.1. The van der Waals surface area contributed by atoms with Crippen LogP contribution >= 0.6 is 24.0 Å². The molecule has 2 aromatic rings. The first-order valence-corrected chi connectivity index (χ1v) is 8.43. The van der Waals surface area contributed by atoms with Crippen LogP contribution < -0.4 is 15.8 Å². The highest BCUT2D eigenvalue weighted by molar-refractivity contribution is 14.0. The number of nitrogens with one attached hydrogen (secondary N) is 1. The topological polar surface area (TPSA) is 68.9 Å². The van der Waals surface area contributed by atoms with Gasteiger partial charge in [0, 0.05) is 18.8 Å². The fourth-order valence-corrected chi connectivity index (χ4v) is 2.28. The van der Waals surface area contributed by atoms with Crippen LogP contribution in [0.4, 0.5) is 5.69 Å². The zero-order chi connectivity index (χ0) is 18.1. The van der Waals surface area contributed by atoms with Crippen molar-refractivity contribution < 1.29 is 9.47 Å². The lowest BCUT2D eigenvalue weighted by atomic mass is 10.1. The van der Waals surface area contributed by atoms with E-state index in [1.165, 1.54) is 11.1 Å². The lowest BCUT2D eigenvalue weighted by molar-refractivity contribution is 0.120. The highest BCUT2D eigenvalue weighted by Gasteiger charge is 1.98. The van der Waals surface area contributed by atoms with Gasteiger partial charge in [-0.2, -0.15) is 0 Å². The average molecular weight is 469 g/mol. The van der Waals surface area contributed by atoms with E-state index in [0.29, 0.717) is 25.7 Å². The van der Waals surface area contributed by atoms with Gasteiger partial charge in [0.25, 0.3) is 0 Å². The van der Waals surface area contributed by atoms with Crippen LogP contribution in [0.2, 0.25) is 0 Å². The molecule has 142 valence electrons. The molecule has 0 saturated carbocycles. The summed E-state index contributed by atoms with van der Waals surface area (Å²) < 4.78 is 10.8. The van der Waals surface area contributed by atoms with Gasteiger partial charge in [-0.25, -0.2) is 0 Å². The summed E-state index contributed by atoms with van der Waals surface area (Å²) in [6.07, 6.45) is 0.825. The first-order valence-electron chi connectivity index (χ1n) is 8.43. The van der Waals surface area contributed by atoms with Gasteiger partial charge >= 0.3 is 0 Å². The molecule has 0 unspecified atom stereocenters. The summed E-state index contributed by atoms with van der Waals surface area (Å²) in [6.45, 7) is 6.03. The van der Waals surface area contributed by atoms with Gasteiger partial charge in [0.05, 0.1) is 13.7 Å². The van der Waals surface area contributed by atoms with E-state index in [4.69, 9.17) is 15.2 Å². The Balaban J connectivity index is 0.00000338. The van der Waals surface area contributed by atoms with Gasteiger partial charge < -0.3 is 20.5 Å². The smallest absolute Gasteiger partial charge is 0.193 e. The van der Waals surface area contributed by atoms with Crippen LogP contribution in [-0.4, -0.2) is 26.2 Å². The predicted molar refractivity (Wildman–Crippen MR) is 119 cm³/mol. The normalized spacial score (nSPS) is 11.0. The molecule has 0 bridgehead atoms. The number of halogens is 1. The summed E-state index contributed by atoms with van der Waals surface area (Å²) in [5.74, 6) is 1.28. The Bertz CT molecular complexity index is 703. The number of rotatable bonds is 8. The van der Waals surface area contributed by atoms with E-state index in [1.54, 1.807) is 7.11 Å². The van der Waals surface area contributed by atoms with E-state index in [9.17, 15) is 0 Å². The molecule has 0 aliphatic heterocycles. The molecule has 0 atom stereocenters. The lowest BCUT2D eigenvalue weighted by Gasteiger charge is -2.08. The van der Waals surface area contributed by atoms with E-state index in [-0.39, 0.29) is 24.0 Å². The number of aryl methyl sites for hydroxylation is 2. The molecular weight excluding hydrogens is 441 g/mol. The minimum Gasteiger partial charge on any atom is -0.497 e. The molecule has 3 N–H and O–H groups in total. The van der Waals surface area contributed by atoms with Gasteiger partial charge in [0.2, 0.25) is 0 Å². The average Bonchev–Trinajstić information content (AvgIpc) is 2.61. The van der Waals surface area contributed by atoms with E-state index in [0.717, 1.165) is 23.4 Å². The molecule has 0 heterocycles. The predicted octanol–water partition coefficient (Wildman–Crippen LogP) is 4.26. The third kappa shape index (κ3) is 7.61. The molecule has 5 nitrogen and oxygen atoms in total. The van der Waals surface area contributed by atoms with E-state index in [2.05, 4.69) is 36.3 Å². The first kappa shape index (κ1) is 22.2. The van der Waals surface area contributed by atoms with Crippen molar-refractivity contribution in [3.05, 3.63) is 59.2 Å². The van der Waals surface area contributed by atoms with Crippen LogP contribution in [0, 0.1) is 13.8 Å². The summed E-state index contributed by atoms with van der Waals surface area (Å²) in [5.41, 5.74) is 10.5. The van der Waals surface area contributed by atoms with Crippen molar-refractivity contribution in [3.8, 4) is 5.75 Å². The second-order valence-corrected chi connectivity index (χ2v) is 5.95. The van der Waals surface area contributed by atoms with Crippen LogP contribution in [0.5, 0.6) is 5.75 Å². The molecule has 2 rings (SSSR count). The fraction of sp³-hybridized carbons (Fsp3) is 0.350. The van der Waals surface area contributed by atoms with Crippen LogP contribution in [0.1, 0.15) is 23.1 Å². The van der Waals surface area contributed by atoms with E-state index < -0.39 is 0 Å². The molecule has 26 heavy (non-hydrogen) atoms. The van der Waals surface area contributed by atoms with Crippen molar-refractivity contribution in [3.63, 3.8) is 0 Å². The van der Waals surface area contributed by atoms with Gasteiger partial charge in [-0.15, -0.1) is 24.0 Å². The number of ether oxygens (including phenoxy) is 2. The fourth-order valence-electron chi connectivity index (χ4n) is 2.28. The van der Waals surface area contributed by atoms with Crippen molar-refractivity contribution in [2.45, 2.75) is 26.9 Å². The number of aliphatic imine (C=N–C) groups is 1. The van der Waals surface area contributed by atoms with Gasteiger partial charge in [-0.05, 0) is 61.2 Å². The SMILES string of the molecule is COc1ccc(COCCCN=C(N)Nc2ccc(C)c(C)c2)cc1.I. The number of hydrogen-bond donors (Lipinski definition) is 2. The van der Waals surface area contributed by atoms with Crippen molar-refractivity contribution >= 4 is 35.6 Å². The molecule has 6 heteroatoms. The second kappa shape index (κ2) is 11.7. The van der Waals surface area contributed by atoms with Gasteiger partial charge in [-0.3, -0.25) is 4.99 Å². The molecule has 0 aromatic heterocycles. The van der Waals surface area contributed by atoms with E-state index in [1.807, 2.05) is 30.3 Å². The minimum atomic E-state index is 0. The number of anilines is 1. The number of nitrogens with zero attached hydrogens (tertiary/aromatic N) is 1. The maximum absolute atomic E-state index is 5.91. The highest BCUT2D eigenvalue weighted by atomic mass is 127. The quantitative estimate of drug-likeness (QED) is 0.262. The van der Waals surface area contributed by atoms with Crippen molar-refractivity contribution in [1.29, 1.82) is 0 Å². The Morgan fingerprint density at radius 2 is 1.81 bits per heavy atom. The highest BCUT2D eigenvalue weighted by Crippen LogP contribution is 2.14. The molecule has 0 radical (unpaired) electrons. The maximum atomic E-state index is 5.91. The lowest BCUT2D eigenvalue weighted by Crippen LogP contribution is -2.23. The van der Waals surface area contributed by atoms with Crippen LogP contribution in [-0.2, 0) is 11.3 Å². The standard InChI is InChI=1S/C20H27N3O2.HI/c1-15-5-8-18(13-16(15)2)23-20(21)22-11-4-12-25-14-17-6-9-19(24-3)10-7-17;/h5-10,13H,4,11-12,14H2,1-3H3,(H3,21,22,23);1H. The Morgan fingerprint density at radius 3 is 2.46 bits per heavy atom. The summed E-state index contributed by atoms with van der Waals surface area (Å²) in [7, 11) is 1.66. The van der Waals surface area contributed by atoms with Crippen molar-refractivity contribution in [2.75, 3.05) is 25.6 Å². The number of nitrogens with two attached hydrogens (primary N) is 1. The van der Waals surface area contributed by atoms with Crippen LogP contribution in [0.3, 0.4) is 0 Å². The van der Waals surface area contributed by atoms with Crippen LogP contribution in [0.15, 0.2) is 47.5 Å². The Hall–Kier alpha value is -1.80.